The second-order valence-electron chi connectivity index (χ2n) is 8.89. The summed E-state index contributed by atoms with van der Waals surface area (Å²) < 4.78 is 0. The Morgan fingerprint density at radius 2 is 1.37 bits per heavy atom. The first-order valence-corrected chi connectivity index (χ1v) is 12.5. The number of benzene rings is 3. The fraction of sp³-hybridized carbons (Fsp3) is 0.207. The van der Waals surface area contributed by atoms with Gasteiger partial charge in [-0.2, -0.15) is 0 Å². The number of nitrogens with zero attached hydrogens (tertiary/aromatic N) is 3. The third-order valence-electron chi connectivity index (χ3n) is 6.56. The zero-order chi connectivity index (χ0) is 24.9. The van der Waals surface area contributed by atoms with E-state index < -0.39 is 0 Å². The molecule has 5 rings (SSSR count). The summed E-state index contributed by atoms with van der Waals surface area (Å²) in [6, 6.07) is 19.7. The highest BCUT2D eigenvalue weighted by Gasteiger charge is 2.43. The number of fused-ring (bicyclic) bond motifs is 1. The number of carbonyl (C=O) groups is 2. The lowest BCUT2D eigenvalue weighted by molar-refractivity contribution is -0.115. The average Bonchev–Trinajstić information content (AvgIpc) is 3.29. The van der Waals surface area contributed by atoms with E-state index in [1.165, 1.54) is 11.8 Å². The van der Waals surface area contributed by atoms with Gasteiger partial charge in [0.2, 0.25) is 0 Å². The molecule has 5 nitrogen and oxygen atoms in total. The Morgan fingerprint density at radius 3 is 2.00 bits per heavy atom. The predicted octanol–water partition coefficient (Wildman–Crippen LogP) is 6.47. The van der Waals surface area contributed by atoms with Gasteiger partial charge in [-0.25, -0.2) is 4.99 Å². The largest absolute Gasteiger partial charge is 0.308 e. The van der Waals surface area contributed by atoms with Crippen LogP contribution >= 0.6 is 11.8 Å². The SMILES string of the molecule is CCN1C(=O)/C(=C2\SC(=Nc3c(C)cccc3C)N(c3c(C)cccc3C)C2=O)c2ccccc21. The normalized spacial score (nSPS) is 18.7. The molecule has 2 amide bonds. The number of aryl methyl sites for hydroxylation is 4. The van der Waals surface area contributed by atoms with Crippen molar-refractivity contribution in [3.05, 3.63) is 93.4 Å². The van der Waals surface area contributed by atoms with Crippen molar-refractivity contribution in [3.63, 3.8) is 0 Å². The summed E-state index contributed by atoms with van der Waals surface area (Å²) >= 11 is 1.29. The molecule has 176 valence electrons. The van der Waals surface area contributed by atoms with Crippen molar-refractivity contribution >= 4 is 51.4 Å². The van der Waals surface area contributed by atoms with Crippen LogP contribution in [-0.2, 0) is 9.59 Å². The van der Waals surface area contributed by atoms with Crippen molar-refractivity contribution in [1.29, 1.82) is 0 Å². The van der Waals surface area contributed by atoms with Gasteiger partial charge in [0.15, 0.2) is 5.17 Å². The Balaban J connectivity index is 1.77. The van der Waals surface area contributed by atoms with Crippen LogP contribution in [0.1, 0.15) is 34.7 Å². The zero-order valence-electron chi connectivity index (χ0n) is 20.5. The Hall–Kier alpha value is -3.64. The molecular weight excluding hydrogens is 454 g/mol. The molecule has 3 aromatic rings. The van der Waals surface area contributed by atoms with Crippen LogP contribution in [0.5, 0.6) is 0 Å². The van der Waals surface area contributed by atoms with Crippen molar-refractivity contribution in [2.75, 3.05) is 16.3 Å². The van der Waals surface area contributed by atoms with Gasteiger partial charge in [-0.3, -0.25) is 14.5 Å². The maximum absolute atomic E-state index is 14.1. The number of amidine groups is 1. The zero-order valence-corrected chi connectivity index (χ0v) is 21.4. The molecule has 35 heavy (non-hydrogen) atoms. The minimum absolute atomic E-state index is 0.140. The second kappa shape index (κ2) is 8.86. The number of rotatable bonds is 3. The van der Waals surface area contributed by atoms with E-state index in [0.29, 0.717) is 22.2 Å². The van der Waals surface area contributed by atoms with Gasteiger partial charge in [0.1, 0.15) is 0 Å². The van der Waals surface area contributed by atoms with Gasteiger partial charge in [0.05, 0.1) is 27.5 Å². The lowest BCUT2D eigenvalue weighted by Crippen LogP contribution is -2.31. The fourth-order valence-electron chi connectivity index (χ4n) is 4.85. The van der Waals surface area contributed by atoms with Crippen LogP contribution < -0.4 is 9.80 Å². The molecule has 3 aromatic carbocycles. The number of hydrogen-bond donors (Lipinski definition) is 0. The molecule has 6 heteroatoms. The van der Waals surface area contributed by atoms with E-state index in [-0.39, 0.29) is 11.8 Å². The Labute approximate surface area is 210 Å². The van der Waals surface area contributed by atoms with Crippen LogP contribution in [-0.4, -0.2) is 23.5 Å². The molecule has 0 saturated carbocycles. The molecule has 2 aliphatic heterocycles. The van der Waals surface area contributed by atoms with E-state index >= 15 is 0 Å². The second-order valence-corrected chi connectivity index (χ2v) is 9.87. The summed E-state index contributed by atoms with van der Waals surface area (Å²) in [5.74, 6) is -0.354. The van der Waals surface area contributed by atoms with Crippen molar-refractivity contribution in [2.24, 2.45) is 4.99 Å². The van der Waals surface area contributed by atoms with E-state index in [0.717, 1.165) is 44.9 Å². The number of hydrogen-bond acceptors (Lipinski definition) is 4. The Bertz CT molecular complexity index is 1410. The van der Waals surface area contributed by atoms with Gasteiger partial charge in [-0.05, 0) is 74.7 Å². The number of anilines is 2. The van der Waals surface area contributed by atoms with E-state index in [1.54, 1.807) is 9.80 Å². The minimum Gasteiger partial charge on any atom is -0.308 e. The average molecular weight is 482 g/mol. The van der Waals surface area contributed by atoms with Crippen molar-refractivity contribution < 1.29 is 9.59 Å². The van der Waals surface area contributed by atoms with Gasteiger partial charge in [-0.15, -0.1) is 0 Å². The summed E-state index contributed by atoms with van der Waals surface area (Å²) in [4.78, 5) is 36.5. The van der Waals surface area contributed by atoms with Crippen molar-refractivity contribution in [2.45, 2.75) is 34.6 Å². The van der Waals surface area contributed by atoms with Crippen LogP contribution in [0.15, 0.2) is 70.6 Å². The van der Waals surface area contributed by atoms with Gasteiger partial charge >= 0.3 is 0 Å². The summed E-state index contributed by atoms with van der Waals surface area (Å²) in [6.07, 6.45) is 0. The first-order chi connectivity index (χ1) is 16.8. The molecule has 2 aliphatic rings. The minimum atomic E-state index is -0.214. The molecule has 0 atom stereocenters. The van der Waals surface area contributed by atoms with Gasteiger partial charge < -0.3 is 4.90 Å². The van der Waals surface area contributed by atoms with Crippen molar-refractivity contribution in [3.8, 4) is 0 Å². The lowest BCUT2D eigenvalue weighted by atomic mass is 10.1. The summed E-state index contributed by atoms with van der Waals surface area (Å²) in [7, 11) is 0. The molecular formula is C29H27N3O2S. The maximum Gasteiger partial charge on any atom is 0.272 e. The van der Waals surface area contributed by atoms with Gasteiger partial charge in [0, 0.05) is 12.1 Å². The van der Waals surface area contributed by atoms with Crippen LogP contribution in [0, 0.1) is 27.7 Å². The quantitative estimate of drug-likeness (QED) is 0.403. The van der Waals surface area contributed by atoms with E-state index in [2.05, 4.69) is 0 Å². The highest BCUT2D eigenvalue weighted by atomic mass is 32.2. The molecule has 1 fully saturated rings. The molecule has 2 heterocycles. The van der Waals surface area contributed by atoms with Crippen LogP contribution in [0.2, 0.25) is 0 Å². The first kappa shape index (κ1) is 23.1. The molecule has 0 bridgehead atoms. The third kappa shape index (κ3) is 3.69. The summed E-state index contributed by atoms with van der Waals surface area (Å²) in [6.45, 7) is 10.5. The van der Waals surface area contributed by atoms with E-state index in [1.807, 2.05) is 95.3 Å². The molecule has 0 spiro atoms. The standard InChI is InChI=1S/C29H27N3O2S/c1-6-31-22-16-8-7-15-21(22)23(27(31)33)26-28(34)32(25-19(4)13-10-14-20(25)5)29(35-26)30-24-17(2)11-9-12-18(24)3/h7-16H,6H2,1-5H3/b26-23-,30-29?. The number of aliphatic imine (C=N–C) groups is 1. The predicted molar refractivity (Wildman–Crippen MR) is 145 cm³/mol. The van der Waals surface area contributed by atoms with Crippen LogP contribution in [0.4, 0.5) is 17.1 Å². The molecule has 0 aliphatic carbocycles. The molecule has 0 unspecified atom stereocenters. The number of para-hydroxylation sites is 3. The first-order valence-electron chi connectivity index (χ1n) is 11.7. The number of thioether (sulfide) groups is 1. The highest BCUT2D eigenvalue weighted by Crippen LogP contribution is 2.47. The number of amides is 2. The maximum atomic E-state index is 14.1. The molecule has 0 aromatic heterocycles. The summed E-state index contributed by atoms with van der Waals surface area (Å²) in [5, 5.41) is 0.563. The number of likely N-dealkylation sites (N-methyl/N-ethyl adjacent to an activating group) is 1. The fourth-order valence-corrected chi connectivity index (χ4v) is 5.91. The smallest absolute Gasteiger partial charge is 0.272 e. The van der Waals surface area contributed by atoms with Crippen LogP contribution in [0.25, 0.3) is 5.57 Å². The van der Waals surface area contributed by atoms with E-state index in [9.17, 15) is 9.59 Å². The Morgan fingerprint density at radius 1 is 0.771 bits per heavy atom. The van der Waals surface area contributed by atoms with Gasteiger partial charge in [0.25, 0.3) is 11.8 Å². The van der Waals surface area contributed by atoms with Crippen LogP contribution in [0.3, 0.4) is 0 Å². The molecule has 0 radical (unpaired) electrons. The number of carbonyl (C=O) groups excluding carboxylic acids is 2. The third-order valence-corrected chi connectivity index (χ3v) is 7.60. The van der Waals surface area contributed by atoms with Gasteiger partial charge in [-0.1, -0.05) is 54.6 Å². The lowest BCUT2D eigenvalue weighted by Gasteiger charge is -2.21. The van der Waals surface area contributed by atoms with E-state index in [4.69, 9.17) is 4.99 Å². The molecule has 1 saturated heterocycles. The Kier molecular flexibility index (Phi) is 5.85. The highest BCUT2D eigenvalue weighted by molar-refractivity contribution is 8.19. The summed E-state index contributed by atoms with van der Waals surface area (Å²) in [5.41, 5.74) is 7.79. The monoisotopic (exact) mass is 481 g/mol. The molecule has 0 N–H and O–H groups in total. The van der Waals surface area contributed by atoms with Crippen molar-refractivity contribution in [1.82, 2.24) is 0 Å². The topological polar surface area (TPSA) is 53.0 Å².